The summed E-state index contributed by atoms with van der Waals surface area (Å²) in [5.41, 5.74) is 0.543. The normalized spacial score (nSPS) is 12.2. The molecule has 1 amide bonds. The number of aliphatic hydroxyl groups is 1. The van der Waals surface area contributed by atoms with E-state index in [-0.39, 0.29) is 12.5 Å². The molecule has 1 atom stereocenters. The predicted octanol–water partition coefficient (Wildman–Crippen LogP) is 2.84. The monoisotopic (exact) mass is 367 g/mol. The fourth-order valence-electron chi connectivity index (χ4n) is 1.41. The second kappa shape index (κ2) is 7.18. The summed E-state index contributed by atoms with van der Waals surface area (Å²) >= 11 is 7.92. The first-order valence-corrected chi connectivity index (χ1v) is 6.91. The molecule has 0 saturated carbocycles. The maximum atomic E-state index is 11.8. The molecular weight excluding hydrogens is 352 g/mol. The van der Waals surface area contributed by atoms with Crippen molar-refractivity contribution in [3.05, 3.63) is 32.4 Å². The summed E-state index contributed by atoms with van der Waals surface area (Å²) in [7, 11) is 0. The highest BCUT2D eigenvalue weighted by molar-refractivity contribution is 14.1. The molecule has 1 aromatic rings. The van der Waals surface area contributed by atoms with E-state index in [0.717, 1.165) is 9.99 Å². The van der Waals surface area contributed by atoms with E-state index >= 15 is 0 Å². The Balaban J connectivity index is 2.61. The highest BCUT2D eigenvalue weighted by Crippen LogP contribution is 2.17. The van der Waals surface area contributed by atoms with Gasteiger partial charge in [0.05, 0.1) is 11.7 Å². The van der Waals surface area contributed by atoms with Gasteiger partial charge in [0.2, 0.25) is 0 Å². The number of halogens is 2. The summed E-state index contributed by atoms with van der Waals surface area (Å²) in [6.45, 7) is 2.26. The van der Waals surface area contributed by atoms with Crippen molar-refractivity contribution >= 4 is 40.1 Å². The van der Waals surface area contributed by atoms with Gasteiger partial charge in [-0.05, 0) is 47.2 Å². The maximum Gasteiger partial charge on any atom is 0.252 e. The molecule has 1 rings (SSSR count). The first kappa shape index (κ1) is 14.7. The molecule has 0 spiro atoms. The number of hydrogen-bond acceptors (Lipinski definition) is 2. The topological polar surface area (TPSA) is 49.3 Å². The SMILES string of the molecule is CCCC(O)CNC(=O)c1cc(Cl)ccc1I. The van der Waals surface area contributed by atoms with Crippen LogP contribution in [0, 0.1) is 3.57 Å². The van der Waals surface area contributed by atoms with Crippen LogP contribution in [0.4, 0.5) is 0 Å². The molecule has 3 nitrogen and oxygen atoms in total. The van der Waals surface area contributed by atoms with Crippen LogP contribution in [0.3, 0.4) is 0 Å². The minimum atomic E-state index is -0.485. The van der Waals surface area contributed by atoms with Crippen molar-refractivity contribution in [2.75, 3.05) is 6.54 Å². The molecule has 0 aliphatic rings. The Morgan fingerprint density at radius 1 is 1.59 bits per heavy atom. The van der Waals surface area contributed by atoms with Gasteiger partial charge in [-0.15, -0.1) is 0 Å². The largest absolute Gasteiger partial charge is 0.391 e. The molecule has 0 heterocycles. The average molecular weight is 368 g/mol. The number of amides is 1. The van der Waals surface area contributed by atoms with Crippen molar-refractivity contribution in [2.45, 2.75) is 25.9 Å². The van der Waals surface area contributed by atoms with Crippen LogP contribution < -0.4 is 5.32 Å². The van der Waals surface area contributed by atoms with Gasteiger partial charge >= 0.3 is 0 Å². The summed E-state index contributed by atoms with van der Waals surface area (Å²) in [5, 5.41) is 12.8. The van der Waals surface area contributed by atoms with E-state index in [1.807, 2.05) is 6.92 Å². The molecule has 0 saturated heterocycles. The lowest BCUT2D eigenvalue weighted by Crippen LogP contribution is -2.32. The molecule has 0 aliphatic carbocycles. The zero-order chi connectivity index (χ0) is 12.8. The minimum Gasteiger partial charge on any atom is -0.391 e. The molecule has 5 heteroatoms. The third kappa shape index (κ3) is 4.81. The van der Waals surface area contributed by atoms with E-state index in [0.29, 0.717) is 17.0 Å². The number of hydrogen-bond donors (Lipinski definition) is 2. The highest BCUT2D eigenvalue weighted by atomic mass is 127. The summed E-state index contributed by atoms with van der Waals surface area (Å²) < 4.78 is 0.842. The van der Waals surface area contributed by atoms with E-state index in [4.69, 9.17) is 11.6 Å². The lowest BCUT2D eigenvalue weighted by atomic mass is 10.2. The van der Waals surface area contributed by atoms with Crippen LogP contribution in [0.25, 0.3) is 0 Å². The summed E-state index contributed by atoms with van der Waals surface area (Å²) in [5.74, 6) is -0.202. The summed E-state index contributed by atoms with van der Waals surface area (Å²) in [4.78, 5) is 11.8. The first-order chi connectivity index (χ1) is 8.04. The number of carbonyl (C=O) groups excluding carboxylic acids is 1. The molecule has 2 N–H and O–H groups in total. The van der Waals surface area contributed by atoms with Gasteiger partial charge in [0.25, 0.3) is 5.91 Å². The van der Waals surface area contributed by atoms with Crippen LogP contribution in [0.2, 0.25) is 5.02 Å². The Morgan fingerprint density at radius 3 is 2.94 bits per heavy atom. The van der Waals surface area contributed by atoms with Crippen molar-refractivity contribution in [3.63, 3.8) is 0 Å². The minimum absolute atomic E-state index is 0.202. The zero-order valence-corrected chi connectivity index (χ0v) is 12.5. The van der Waals surface area contributed by atoms with Crippen molar-refractivity contribution < 1.29 is 9.90 Å². The van der Waals surface area contributed by atoms with E-state index in [9.17, 15) is 9.90 Å². The highest BCUT2D eigenvalue weighted by Gasteiger charge is 2.11. The van der Waals surface area contributed by atoms with Crippen molar-refractivity contribution in [1.29, 1.82) is 0 Å². The fraction of sp³-hybridized carbons (Fsp3) is 0.417. The van der Waals surface area contributed by atoms with Crippen LogP contribution >= 0.6 is 34.2 Å². The lowest BCUT2D eigenvalue weighted by molar-refractivity contribution is 0.0909. The van der Waals surface area contributed by atoms with Crippen LogP contribution in [0.5, 0.6) is 0 Å². The second-order valence-electron chi connectivity index (χ2n) is 3.78. The number of rotatable bonds is 5. The molecule has 0 radical (unpaired) electrons. The summed E-state index contributed by atoms with van der Waals surface area (Å²) in [6.07, 6.45) is 1.10. The second-order valence-corrected chi connectivity index (χ2v) is 5.38. The van der Waals surface area contributed by atoms with Gasteiger partial charge in [0, 0.05) is 15.1 Å². The van der Waals surface area contributed by atoms with Gasteiger partial charge in [-0.2, -0.15) is 0 Å². The van der Waals surface area contributed by atoms with Crippen LogP contribution in [0.15, 0.2) is 18.2 Å². The van der Waals surface area contributed by atoms with Crippen molar-refractivity contribution in [2.24, 2.45) is 0 Å². The quantitative estimate of drug-likeness (QED) is 0.786. The van der Waals surface area contributed by atoms with Gasteiger partial charge in [-0.1, -0.05) is 24.9 Å². The fourth-order valence-corrected chi connectivity index (χ4v) is 2.17. The molecule has 0 fully saturated rings. The molecule has 1 aromatic carbocycles. The van der Waals surface area contributed by atoms with Gasteiger partial charge in [-0.25, -0.2) is 0 Å². The Bertz CT molecular complexity index is 398. The van der Waals surface area contributed by atoms with Crippen molar-refractivity contribution in [3.8, 4) is 0 Å². The third-order valence-electron chi connectivity index (χ3n) is 2.29. The molecule has 0 bridgehead atoms. The summed E-state index contributed by atoms with van der Waals surface area (Å²) in [6, 6.07) is 5.16. The molecule has 94 valence electrons. The van der Waals surface area contributed by atoms with Crippen LogP contribution in [-0.2, 0) is 0 Å². The molecule has 17 heavy (non-hydrogen) atoms. The van der Waals surface area contributed by atoms with E-state index in [1.165, 1.54) is 0 Å². The van der Waals surface area contributed by atoms with Gasteiger partial charge in [0.15, 0.2) is 0 Å². The number of aliphatic hydroxyl groups excluding tert-OH is 1. The maximum absolute atomic E-state index is 11.8. The molecule has 0 aromatic heterocycles. The third-order valence-corrected chi connectivity index (χ3v) is 3.47. The molecule has 0 aliphatic heterocycles. The Morgan fingerprint density at radius 2 is 2.29 bits per heavy atom. The van der Waals surface area contributed by atoms with Crippen LogP contribution in [-0.4, -0.2) is 23.7 Å². The average Bonchev–Trinajstić information content (AvgIpc) is 2.29. The number of carbonyl (C=O) groups is 1. The Hall–Kier alpha value is -0.330. The van der Waals surface area contributed by atoms with Crippen LogP contribution in [0.1, 0.15) is 30.1 Å². The standard InChI is InChI=1S/C12H15ClINO2/c1-2-3-9(16)7-15-12(17)10-6-8(13)4-5-11(10)14/h4-6,9,16H,2-3,7H2,1H3,(H,15,17). The molecular formula is C12H15ClINO2. The number of nitrogens with one attached hydrogen (secondary N) is 1. The van der Waals surface area contributed by atoms with E-state index < -0.39 is 6.10 Å². The van der Waals surface area contributed by atoms with E-state index in [2.05, 4.69) is 27.9 Å². The lowest BCUT2D eigenvalue weighted by Gasteiger charge is -2.11. The smallest absolute Gasteiger partial charge is 0.252 e. The van der Waals surface area contributed by atoms with Gasteiger partial charge < -0.3 is 10.4 Å². The number of benzene rings is 1. The molecule has 1 unspecified atom stereocenters. The van der Waals surface area contributed by atoms with Crippen molar-refractivity contribution in [1.82, 2.24) is 5.32 Å². The Kier molecular flexibility index (Phi) is 6.22. The van der Waals surface area contributed by atoms with Gasteiger partial charge in [0.1, 0.15) is 0 Å². The zero-order valence-electron chi connectivity index (χ0n) is 9.54. The van der Waals surface area contributed by atoms with E-state index in [1.54, 1.807) is 18.2 Å². The Labute approximate surface area is 120 Å². The first-order valence-electron chi connectivity index (χ1n) is 5.46. The van der Waals surface area contributed by atoms with Gasteiger partial charge in [-0.3, -0.25) is 4.79 Å². The predicted molar refractivity (Wildman–Crippen MR) is 77.4 cm³/mol.